The first-order chi connectivity index (χ1) is 2.94. The van der Waals surface area contributed by atoms with Crippen molar-refractivity contribution >= 4 is 5.78 Å². The van der Waals surface area contributed by atoms with Gasteiger partial charge in [-0.2, -0.15) is 0 Å². The van der Waals surface area contributed by atoms with Gasteiger partial charge in [0.1, 0.15) is 6.08 Å². The highest BCUT2D eigenvalue weighted by molar-refractivity contribution is 5.79. The molecule has 0 aliphatic rings. The molecule has 0 saturated heterocycles. The molecule has 2 nitrogen and oxygen atoms in total. The summed E-state index contributed by atoms with van der Waals surface area (Å²) in [5, 5.41) is 8.41. The Bertz CT molecular complexity index is 82.2. The van der Waals surface area contributed by atoms with Gasteiger partial charge in [-0.3, -0.25) is 4.79 Å². The van der Waals surface area contributed by atoms with Crippen molar-refractivity contribution in [2.24, 2.45) is 0 Å². The molecule has 2 heteroatoms. The molecule has 36 valence electrons. The minimum atomic E-state index is -1.89. The van der Waals surface area contributed by atoms with Crippen LogP contribution in [0.1, 0.15) is 15.2 Å². The van der Waals surface area contributed by atoms with Gasteiger partial charge in [-0.25, -0.2) is 0 Å². The van der Waals surface area contributed by atoms with Gasteiger partial charge in [0.25, 0.3) is 0 Å². The van der Waals surface area contributed by atoms with Crippen molar-refractivity contribution in [1.29, 1.82) is 0 Å². The maximum absolute atomic E-state index is 10.0. The van der Waals surface area contributed by atoms with Crippen molar-refractivity contribution in [2.45, 2.75) is 19.9 Å². The Labute approximate surface area is 38.2 Å². The standard InChI is InChI=1S/C4H8O2/c1-3(5)4(2)6/h3,5H,1-2H3/i3D. The summed E-state index contributed by atoms with van der Waals surface area (Å²) in [4.78, 5) is 10.0. The van der Waals surface area contributed by atoms with Crippen LogP contribution in [0.4, 0.5) is 0 Å². The highest BCUT2D eigenvalue weighted by Crippen LogP contribution is 1.76. The maximum Gasteiger partial charge on any atom is 0.157 e. The predicted molar refractivity (Wildman–Crippen MR) is 22.4 cm³/mol. The SMILES string of the molecule is [2H]C(C)(O)C(C)=O. The highest BCUT2D eigenvalue weighted by atomic mass is 16.3. The Kier molecular flexibility index (Phi) is 1.22. The number of rotatable bonds is 1. The van der Waals surface area contributed by atoms with Crippen molar-refractivity contribution in [2.75, 3.05) is 0 Å². The summed E-state index contributed by atoms with van der Waals surface area (Å²) in [6.45, 7) is 2.31. The quantitative estimate of drug-likeness (QED) is 0.489. The molecule has 0 aromatic carbocycles. The minimum absolute atomic E-state index is 0.535. The lowest BCUT2D eigenvalue weighted by Crippen LogP contribution is -2.10. The van der Waals surface area contributed by atoms with Gasteiger partial charge in [-0.05, 0) is 13.8 Å². The summed E-state index contributed by atoms with van der Waals surface area (Å²) >= 11 is 0. The molecular formula is C4H8O2. The molecule has 0 spiro atoms. The van der Waals surface area contributed by atoms with E-state index in [1.807, 2.05) is 0 Å². The fourth-order valence-electron chi connectivity index (χ4n) is 0. The lowest BCUT2D eigenvalue weighted by molar-refractivity contribution is -0.124. The predicted octanol–water partition coefficient (Wildman–Crippen LogP) is -0.0438. The Balaban J connectivity index is 3.79. The van der Waals surface area contributed by atoms with Crippen LogP contribution in [-0.2, 0) is 4.79 Å². The Morgan fingerprint density at radius 2 is 2.33 bits per heavy atom. The average Bonchev–Trinajstić information content (AvgIpc) is 1.31. The number of Topliss-reactive ketones (excluding diaryl/α,β-unsaturated/α-hetero) is 1. The second-order valence-corrected chi connectivity index (χ2v) is 1.14. The lowest BCUT2D eigenvalue weighted by atomic mass is 10.3. The van der Waals surface area contributed by atoms with E-state index in [9.17, 15) is 4.79 Å². The molecule has 0 aliphatic carbocycles. The number of hydrogen-bond donors (Lipinski definition) is 1. The zero-order valence-electron chi connectivity index (χ0n) is 4.86. The lowest BCUT2D eigenvalue weighted by Gasteiger charge is -1.90. The maximum atomic E-state index is 10.0. The first-order valence-electron chi connectivity index (χ1n) is 2.18. The van der Waals surface area contributed by atoms with Crippen LogP contribution in [0.25, 0.3) is 0 Å². The number of carbonyl (C=O) groups excluding carboxylic acids is 1. The van der Waals surface area contributed by atoms with Crippen LogP contribution in [0.5, 0.6) is 0 Å². The normalized spacial score (nSPS) is 21.5. The summed E-state index contributed by atoms with van der Waals surface area (Å²) in [6, 6.07) is 0. The molecule has 0 rings (SSSR count). The average molecular weight is 89.1 g/mol. The Morgan fingerprint density at radius 1 is 2.17 bits per heavy atom. The van der Waals surface area contributed by atoms with Crippen molar-refractivity contribution in [3.05, 3.63) is 0 Å². The van der Waals surface area contributed by atoms with E-state index in [0.29, 0.717) is 0 Å². The van der Waals surface area contributed by atoms with Gasteiger partial charge in [0, 0.05) is 0 Å². The second-order valence-electron chi connectivity index (χ2n) is 1.14. The van der Waals surface area contributed by atoms with Crippen LogP contribution in [0.3, 0.4) is 0 Å². The summed E-state index contributed by atoms with van der Waals surface area (Å²) in [5.41, 5.74) is 0. The van der Waals surface area contributed by atoms with E-state index in [0.717, 1.165) is 6.92 Å². The molecule has 0 heterocycles. The van der Waals surface area contributed by atoms with Gasteiger partial charge in [0.15, 0.2) is 5.78 Å². The molecule has 0 aromatic heterocycles. The van der Waals surface area contributed by atoms with Crippen LogP contribution >= 0.6 is 0 Å². The summed E-state index contributed by atoms with van der Waals surface area (Å²) in [5.74, 6) is -0.535. The van der Waals surface area contributed by atoms with Crippen molar-refractivity contribution in [3.8, 4) is 0 Å². The third-order valence-corrected chi connectivity index (χ3v) is 0.510. The van der Waals surface area contributed by atoms with Crippen molar-refractivity contribution < 1.29 is 11.3 Å². The molecule has 1 unspecified atom stereocenters. The van der Waals surface area contributed by atoms with Crippen LogP contribution in [0, 0.1) is 0 Å². The van der Waals surface area contributed by atoms with Crippen molar-refractivity contribution in [3.63, 3.8) is 0 Å². The molecule has 0 fully saturated rings. The zero-order valence-corrected chi connectivity index (χ0v) is 3.86. The monoisotopic (exact) mass is 89.1 g/mol. The summed E-state index contributed by atoms with van der Waals surface area (Å²) < 4.78 is 6.59. The molecule has 6 heavy (non-hydrogen) atoms. The molecule has 1 atom stereocenters. The highest BCUT2D eigenvalue weighted by Gasteiger charge is 1.97. The van der Waals surface area contributed by atoms with Gasteiger partial charge >= 0.3 is 0 Å². The molecule has 0 aliphatic heterocycles. The van der Waals surface area contributed by atoms with Crippen molar-refractivity contribution in [1.82, 2.24) is 0 Å². The van der Waals surface area contributed by atoms with E-state index < -0.39 is 11.9 Å². The van der Waals surface area contributed by atoms with E-state index >= 15 is 0 Å². The molecule has 0 bridgehead atoms. The second kappa shape index (κ2) is 1.92. The summed E-state index contributed by atoms with van der Waals surface area (Å²) in [7, 11) is 0. The molecule has 0 saturated carbocycles. The van der Waals surface area contributed by atoms with Crippen LogP contribution in [0.2, 0.25) is 0 Å². The fourth-order valence-corrected chi connectivity index (χ4v) is 0. The van der Waals surface area contributed by atoms with E-state index in [4.69, 9.17) is 6.48 Å². The topological polar surface area (TPSA) is 37.3 Å². The number of aliphatic hydroxyl groups is 1. The van der Waals surface area contributed by atoms with Gasteiger partial charge in [-0.15, -0.1) is 0 Å². The zero-order chi connectivity index (χ0) is 6.08. The van der Waals surface area contributed by atoms with E-state index in [2.05, 4.69) is 0 Å². The first kappa shape index (κ1) is 3.81. The van der Waals surface area contributed by atoms with Gasteiger partial charge in [-0.1, -0.05) is 0 Å². The number of ketones is 1. The third-order valence-electron chi connectivity index (χ3n) is 0.510. The Morgan fingerprint density at radius 3 is 2.33 bits per heavy atom. The first-order valence-corrected chi connectivity index (χ1v) is 1.68. The fraction of sp³-hybridized carbons (Fsp3) is 0.750. The van der Waals surface area contributed by atoms with Gasteiger partial charge < -0.3 is 5.11 Å². The summed E-state index contributed by atoms with van der Waals surface area (Å²) in [6.07, 6.45) is -1.89. The van der Waals surface area contributed by atoms with Gasteiger partial charge in [0.2, 0.25) is 0 Å². The molecule has 0 radical (unpaired) electrons. The Hall–Kier alpha value is -0.370. The van der Waals surface area contributed by atoms with Crippen LogP contribution in [0.15, 0.2) is 0 Å². The number of hydrogen-bond acceptors (Lipinski definition) is 2. The smallest absolute Gasteiger partial charge is 0.157 e. The molecule has 0 aromatic rings. The van der Waals surface area contributed by atoms with Crippen LogP contribution < -0.4 is 0 Å². The van der Waals surface area contributed by atoms with Gasteiger partial charge in [0.05, 0.1) is 1.37 Å². The number of carbonyl (C=O) groups is 1. The third kappa shape index (κ3) is 1.91. The van der Waals surface area contributed by atoms with E-state index in [1.54, 1.807) is 0 Å². The van der Waals surface area contributed by atoms with E-state index in [-0.39, 0.29) is 0 Å². The van der Waals surface area contributed by atoms with Crippen LogP contribution in [-0.4, -0.2) is 17.0 Å². The molecular weight excluding hydrogens is 80.0 g/mol. The molecule has 1 N–H and O–H groups in total. The molecule has 0 amide bonds. The minimum Gasteiger partial charge on any atom is -0.386 e. The van der Waals surface area contributed by atoms with E-state index in [1.165, 1.54) is 6.92 Å². The largest absolute Gasteiger partial charge is 0.386 e.